The van der Waals surface area contributed by atoms with Crippen LogP contribution in [0.1, 0.15) is 31.9 Å². The average molecular weight is 261 g/mol. The lowest BCUT2D eigenvalue weighted by molar-refractivity contribution is 0.202. The van der Waals surface area contributed by atoms with Crippen molar-refractivity contribution in [3.63, 3.8) is 0 Å². The first-order chi connectivity index (χ1) is 8.93. The summed E-state index contributed by atoms with van der Waals surface area (Å²) < 4.78 is 5.39. The number of hydrogen-bond donors (Lipinski definition) is 1. The van der Waals surface area contributed by atoms with Gasteiger partial charge in [0, 0.05) is 6.04 Å². The van der Waals surface area contributed by atoms with Crippen molar-refractivity contribution in [1.29, 1.82) is 0 Å². The first-order valence-corrected chi connectivity index (χ1v) is 6.62. The third-order valence-corrected chi connectivity index (χ3v) is 3.66. The Morgan fingerprint density at radius 3 is 2.74 bits per heavy atom. The predicted molar refractivity (Wildman–Crippen MR) is 77.9 cm³/mol. The van der Waals surface area contributed by atoms with E-state index >= 15 is 0 Å². The van der Waals surface area contributed by atoms with Gasteiger partial charge in [-0.2, -0.15) is 0 Å². The lowest BCUT2D eigenvalue weighted by Gasteiger charge is -2.32. The second kappa shape index (κ2) is 5.31. The van der Waals surface area contributed by atoms with Crippen molar-refractivity contribution in [2.45, 2.75) is 26.3 Å². The van der Waals surface area contributed by atoms with Crippen LogP contribution in [0.3, 0.4) is 0 Å². The summed E-state index contributed by atoms with van der Waals surface area (Å²) in [4.78, 5) is 6.39. The second-order valence-electron chi connectivity index (χ2n) is 6.13. The van der Waals surface area contributed by atoms with Crippen LogP contribution in [-0.2, 0) is 0 Å². The van der Waals surface area contributed by atoms with Gasteiger partial charge in [-0.25, -0.2) is 4.98 Å². The maximum atomic E-state index is 5.86. The fourth-order valence-corrected chi connectivity index (χ4v) is 2.28. The predicted octanol–water partition coefficient (Wildman–Crippen LogP) is 2.81. The molecule has 1 aromatic heterocycles. The smallest absolute Gasteiger partial charge is 0.181 e. The van der Waals surface area contributed by atoms with Gasteiger partial charge in [0.15, 0.2) is 12.0 Å². The molecule has 0 amide bonds. The maximum Gasteiger partial charge on any atom is 0.181 e. The van der Waals surface area contributed by atoms with Gasteiger partial charge in [0.1, 0.15) is 5.52 Å². The van der Waals surface area contributed by atoms with E-state index in [0.717, 1.165) is 17.5 Å². The zero-order valence-electron chi connectivity index (χ0n) is 12.2. The number of nitrogens with zero attached hydrogens (tertiary/aromatic N) is 2. The van der Waals surface area contributed by atoms with Crippen molar-refractivity contribution in [2.75, 3.05) is 20.6 Å². The van der Waals surface area contributed by atoms with Crippen molar-refractivity contribution >= 4 is 11.1 Å². The molecule has 0 bridgehead atoms. The molecular weight excluding hydrogens is 238 g/mol. The Bertz CT molecular complexity index is 545. The summed E-state index contributed by atoms with van der Waals surface area (Å²) in [7, 11) is 4.20. The van der Waals surface area contributed by atoms with E-state index in [1.165, 1.54) is 12.0 Å². The summed E-state index contributed by atoms with van der Waals surface area (Å²) in [5.41, 5.74) is 8.97. The minimum atomic E-state index is 0.116. The molecule has 104 valence electrons. The van der Waals surface area contributed by atoms with E-state index in [1.54, 1.807) is 0 Å². The summed E-state index contributed by atoms with van der Waals surface area (Å²) in [6.45, 7) is 5.09. The van der Waals surface area contributed by atoms with E-state index in [2.05, 4.69) is 50.0 Å². The minimum Gasteiger partial charge on any atom is -0.443 e. The van der Waals surface area contributed by atoms with Gasteiger partial charge in [-0.15, -0.1) is 0 Å². The highest BCUT2D eigenvalue weighted by atomic mass is 16.3. The highest BCUT2D eigenvalue weighted by molar-refractivity contribution is 5.72. The molecule has 1 unspecified atom stereocenters. The van der Waals surface area contributed by atoms with Crippen LogP contribution in [0.15, 0.2) is 29.0 Å². The topological polar surface area (TPSA) is 55.3 Å². The number of rotatable bonds is 5. The van der Waals surface area contributed by atoms with Crippen LogP contribution in [0.25, 0.3) is 11.1 Å². The molecule has 0 saturated carbocycles. The van der Waals surface area contributed by atoms with Gasteiger partial charge in [-0.3, -0.25) is 0 Å². The van der Waals surface area contributed by atoms with Crippen LogP contribution in [0.2, 0.25) is 0 Å². The molecule has 2 rings (SSSR count). The number of benzene rings is 1. The molecule has 0 aliphatic heterocycles. The zero-order valence-corrected chi connectivity index (χ0v) is 12.2. The van der Waals surface area contributed by atoms with Crippen LogP contribution in [-0.4, -0.2) is 30.5 Å². The van der Waals surface area contributed by atoms with Gasteiger partial charge >= 0.3 is 0 Å². The number of fused-ring (bicyclic) bond motifs is 1. The van der Waals surface area contributed by atoms with E-state index in [0.29, 0.717) is 12.6 Å². The second-order valence-corrected chi connectivity index (χ2v) is 6.13. The molecule has 0 fully saturated rings. The van der Waals surface area contributed by atoms with Crippen molar-refractivity contribution in [2.24, 2.45) is 11.1 Å². The van der Waals surface area contributed by atoms with Gasteiger partial charge in [0.25, 0.3) is 0 Å². The molecule has 0 spiro atoms. The molecule has 4 heteroatoms. The Hall–Kier alpha value is -1.39. The molecule has 19 heavy (non-hydrogen) atoms. The van der Waals surface area contributed by atoms with Crippen molar-refractivity contribution < 1.29 is 4.42 Å². The summed E-state index contributed by atoms with van der Waals surface area (Å²) in [5, 5.41) is 0. The molecular formula is C15H23N3O. The largest absolute Gasteiger partial charge is 0.443 e. The molecule has 0 radical (unpaired) electrons. The van der Waals surface area contributed by atoms with E-state index in [9.17, 15) is 0 Å². The number of hydrogen-bond acceptors (Lipinski definition) is 4. The van der Waals surface area contributed by atoms with Gasteiger partial charge < -0.3 is 15.1 Å². The summed E-state index contributed by atoms with van der Waals surface area (Å²) in [6, 6.07) is 6.55. The quantitative estimate of drug-likeness (QED) is 0.899. The Labute approximate surface area is 114 Å². The van der Waals surface area contributed by atoms with Crippen LogP contribution < -0.4 is 5.73 Å². The van der Waals surface area contributed by atoms with Crippen molar-refractivity contribution in [3.8, 4) is 0 Å². The minimum absolute atomic E-state index is 0.116. The number of oxazole rings is 1. The van der Waals surface area contributed by atoms with E-state index in [4.69, 9.17) is 10.2 Å². The fraction of sp³-hybridized carbons (Fsp3) is 0.533. The molecule has 2 N–H and O–H groups in total. The van der Waals surface area contributed by atoms with Crippen LogP contribution >= 0.6 is 0 Å². The fourth-order valence-electron chi connectivity index (χ4n) is 2.28. The van der Waals surface area contributed by atoms with E-state index < -0.39 is 0 Å². The van der Waals surface area contributed by atoms with Gasteiger partial charge in [0.05, 0.1) is 0 Å². The molecule has 0 saturated heterocycles. The van der Waals surface area contributed by atoms with Gasteiger partial charge in [0.2, 0.25) is 0 Å². The highest BCUT2D eigenvalue weighted by Crippen LogP contribution is 2.33. The molecule has 4 nitrogen and oxygen atoms in total. The normalized spacial score (nSPS) is 14.2. The Morgan fingerprint density at radius 1 is 1.37 bits per heavy atom. The summed E-state index contributed by atoms with van der Waals surface area (Å²) in [6.07, 6.45) is 2.50. The Kier molecular flexibility index (Phi) is 3.92. The molecule has 2 aromatic rings. The molecule has 1 heterocycles. The maximum absolute atomic E-state index is 5.86. The number of aromatic nitrogens is 1. The summed E-state index contributed by atoms with van der Waals surface area (Å²) in [5.74, 6) is 0. The third kappa shape index (κ3) is 3.14. The molecule has 1 atom stereocenters. The lowest BCUT2D eigenvalue weighted by atomic mass is 9.83. The standard InChI is InChI=1S/C15H23N3O/c1-15(2,9-16)8-13(18(3)4)11-5-6-12-14(7-11)19-10-17-12/h5-7,10,13H,8-9,16H2,1-4H3. The first kappa shape index (κ1) is 14.0. The molecule has 1 aromatic carbocycles. The van der Waals surface area contributed by atoms with E-state index in [1.807, 2.05) is 6.07 Å². The lowest BCUT2D eigenvalue weighted by Crippen LogP contribution is -2.31. The van der Waals surface area contributed by atoms with Crippen LogP contribution in [0.4, 0.5) is 0 Å². The van der Waals surface area contributed by atoms with Crippen molar-refractivity contribution in [3.05, 3.63) is 30.2 Å². The Morgan fingerprint density at radius 2 is 2.11 bits per heavy atom. The van der Waals surface area contributed by atoms with E-state index in [-0.39, 0.29) is 5.41 Å². The SMILES string of the molecule is CN(C)C(CC(C)(C)CN)c1ccc2ncoc2c1. The average Bonchev–Trinajstić information content (AvgIpc) is 2.82. The highest BCUT2D eigenvalue weighted by Gasteiger charge is 2.25. The van der Waals surface area contributed by atoms with Crippen LogP contribution in [0.5, 0.6) is 0 Å². The summed E-state index contributed by atoms with van der Waals surface area (Å²) >= 11 is 0. The monoisotopic (exact) mass is 261 g/mol. The van der Waals surface area contributed by atoms with Gasteiger partial charge in [-0.05, 0) is 50.2 Å². The Balaban J connectivity index is 2.32. The number of nitrogens with two attached hydrogens (primary N) is 1. The van der Waals surface area contributed by atoms with Crippen molar-refractivity contribution in [1.82, 2.24) is 9.88 Å². The molecule has 0 aliphatic carbocycles. The first-order valence-electron chi connectivity index (χ1n) is 6.62. The van der Waals surface area contributed by atoms with Gasteiger partial charge in [-0.1, -0.05) is 19.9 Å². The third-order valence-electron chi connectivity index (χ3n) is 3.66. The zero-order chi connectivity index (χ0) is 14.0. The molecule has 0 aliphatic rings. The van der Waals surface area contributed by atoms with Crippen LogP contribution in [0, 0.1) is 5.41 Å².